The third-order valence-corrected chi connectivity index (χ3v) is 6.20. The lowest BCUT2D eigenvalue weighted by Gasteiger charge is -2.10. The lowest BCUT2D eigenvalue weighted by molar-refractivity contribution is -0.119. The van der Waals surface area contributed by atoms with Crippen molar-refractivity contribution in [3.63, 3.8) is 0 Å². The molecular weight excluding hydrogens is 470 g/mol. The molecule has 0 aliphatic rings. The van der Waals surface area contributed by atoms with E-state index >= 15 is 0 Å². The van der Waals surface area contributed by atoms with Crippen LogP contribution >= 0.6 is 27.7 Å². The molecule has 1 amide bonds. The Kier molecular flexibility index (Phi) is 7.28. The van der Waals surface area contributed by atoms with Crippen molar-refractivity contribution in [1.29, 1.82) is 0 Å². The van der Waals surface area contributed by atoms with Gasteiger partial charge in [-0.3, -0.25) is 4.79 Å². The van der Waals surface area contributed by atoms with Gasteiger partial charge in [-0.2, -0.15) is 0 Å². The molecule has 0 spiro atoms. The van der Waals surface area contributed by atoms with Gasteiger partial charge in [0.25, 0.3) is 5.91 Å². The fourth-order valence-corrected chi connectivity index (χ4v) is 4.10. The number of hydrogen-bond acceptors (Lipinski definition) is 7. The molecule has 0 unspecified atom stereocenters. The Morgan fingerprint density at radius 1 is 1.23 bits per heavy atom. The molecule has 0 saturated carbocycles. The van der Waals surface area contributed by atoms with E-state index in [1.807, 2.05) is 26.8 Å². The number of carbonyl (C=O) groups excluding carboxylic acids is 2. The molecule has 1 N–H and O–H groups in total. The number of anilines is 1. The molecule has 0 aliphatic heterocycles. The van der Waals surface area contributed by atoms with Crippen LogP contribution in [0, 0.1) is 20.8 Å². The fourth-order valence-electron chi connectivity index (χ4n) is 2.59. The lowest BCUT2D eigenvalue weighted by Crippen LogP contribution is -2.21. The Morgan fingerprint density at radius 2 is 2.03 bits per heavy atom. The number of esters is 1. The van der Waals surface area contributed by atoms with Crippen LogP contribution in [0.2, 0.25) is 0 Å². The first-order valence-electron chi connectivity index (χ1n) is 9.08. The maximum absolute atomic E-state index is 12.5. The molecule has 3 rings (SSSR count). The quantitative estimate of drug-likeness (QED) is 0.374. The monoisotopic (exact) mass is 489 g/mol. The van der Waals surface area contributed by atoms with Gasteiger partial charge in [-0.25, -0.2) is 9.78 Å². The van der Waals surface area contributed by atoms with E-state index in [9.17, 15) is 9.59 Å². The maximum atomic E-state index is 12.5. The summed E-state index contributed by atoms with van der Waals surface area (Å²) in [5, 5.41) is 7.15. The van der Waals surface area contributed by atoms with Crippen LogP contribution in [0.4, 0.5) is 5.69 Å². The fraction of sp³-hybridized carbons (Fsp3) is 0.238. The molecular formula is C21H20BrN3O4S. The van der Waals surface area contributed by atoms with Crippen LogP contribution in [0.15, 0.2) is 50.6 Å². The van der Waals surface area contributed by atoms with Crippen molar-refractivity contribution in [3.8, 4) is 0 Å². The standard InChI is InChI=1S/C21H20BrN3O4S/c1-12-6-7-15(9-18(12)22)24-19(26)10-28-21(27)16-5-4-8-23-20(16)30-11-17-13(2)25-29-14(17)3/h4-9H,10-11H2,1-3H3,(H,24,26). The Balaban J connectivity index is 1.60. The SMILES string of the molecule is Cc1ccc(NC(=O)COC(=O)c2cccnc2SCc2c(C)noc2C)cc1Br. The summed E-state index contributed by atoms with van der Waals surface area (Å²) in [4.78, 5) is 28.9. The largest absolute Gasteiger partial charge is 0.452 e. The third-order valence-electron chi connectivity index (χ3n) is 4.32. The van der Waals surface area contributed by atoms with Gasteiger partial charge < -0.3 is 14.6 Å². The van der Waals surface area contributed by atoms with Gasteiger partial charge in [0.05, 0.1) is 11.3 Å². The summed E-state index contributed by atoms with van der Waals surface area (Å²) in [6.45, 7) is 5.26. The van der Waals surface area contributed by atoms with Crippen molar-refractivity contribution >= 4 is 45.3 Å². The molecule has 2 aromatic heterocycles. The van der Waals surface area contributed by atoms with Crippen molar-refractivity contribution in [2.75, 3.05) is 11.9 Å². The first kappa shape index (κ1) is 22.0. The predicted octanol–water partition coefficient (Wildman–Crippen LogP) is 4.85. The summed E-state index contributed by atoms with van der Waals surface area (Å²) in [5.41, 5.74) is 3.75. The molecule has 0 bridgehead atoms. The number of aromatic nitrogens is 2. The maximum Gasteiger partial charge on any atom is 0.341 e. The van der Waals surface area contributed by atoms with Crippen LogP contribution in [0.3, 0.4) is 0 Å². The van der Waals surface area contributed by atoms with Crippen LogP contribution in [0.25, 0.3) is 0 Å². The minimum atomic E-state index is -0.607. The predicted molar refractivity (Wildman–Crippen MR) is 118 cm³/mol. The number of rotatable bonds is 7. The van der Waals surface area contributed by atoms with E-state index in [1.165, 1.54) is 11.8 Å². The molecule has 3 aromatic rings. The van der Waals surface area contributed by atoms with E-state index in [0.29, 0.717) is 22.0 Å². The smallest absolute Gasteiger partial charge is 0.341 e. The van der Waals surface area contributed by atoms with Crippen molar-refractivity contribution < 1.29 is 18.8 Å². The van der Waals surface area contributed by atoms with E-state index in [4.69, 9.17) is 9.26 Å². The number of benzene rings is 1. The normalized spacial score (nSPS) is 10.7. The molecule has 0 atom stereocenters. The van der Waals surface area contributed by atoms with Gasteiger partial charge in [-0.1, -0.05) is 27.2 Å². The number of thioether (sulfide) groups is 1. The van der Waals surface area contributed by atoms with Gasteiger partial charge in [-0.15, -0.1) is 11.8 Å². The van der Waals surface area contributed by atoms with E-state index in [0.717, 1.165) is 27.1 Å². The minimum Gasteiger partial charge on any atom is -0.452 e. The van der Waals surface area contributed by atoms with E-state index < -0.39 is 18.5 Å². The van der Waals surface area contributed by atoms with Crippen LogP contribution in [0.5, 0.6) is 0 Å². The molecule has 0 radical (unpaired) electrons. The summed E-state index contributed by atoms with van der Waals surface area (Å²) < 4.78 is 11.2. The highest BCUT2D eigenvalue weighted by Crippen LogP contribution is 2.27. The number of pyridine rings is 1. The number of nitrogens with one attached hydrogen (secondary N) is 1. The zero-order valence-corrected chi connectivity index (χ0v) is 19.1. The van der Waals surface area contributed by atoms with Crippen LogP contribution in [-0.4, -0.2) is 28.6 Å². The van der Waals surface area contributed by atoms with Gasteiger partial charge >= 0.3 is 5.97 Å². The second-order valence-electron chi connectivity index (χ2n) is 6.54. The Bertz CT molecular complexity index is 1060. The number of amides is 1. The number of hydrogen-bond donors (Lipinski definition) is 1. The van der Waals surface area contributed by atoms with Crippen molar-refractivity contribution in [1.82, 2.24) is 10.1 Å². The van der Waals surface area contributed by atoms with E-state index in [2.05, 4.69) is 31.4 Å². The molecule has 0 aliphatic carbocycles. The van der Waals surface area contributed by atoms with Crippen LogP contribution < -0.4 is 5.32 Å². The minimum absolute atomic E-state index is 0.306. The number of aryl methyl sites for hydroxylation is 3. The second kappa shape index (κ2) is 9.90. The number of nitrogens with zero attached hydrogens (tertiary/aromatic N) is 2. The van der Waals surface area contributed by atoms with E-state index in [-0.39, 0.29) is 0 Å². The highest BCUT2D eigenvalue weighted by Gasteiger charge is 2.17. The summed E-state index contributed by atoms with van der Waals surface area (Å²) in [5.74, 6) is 0.262. The number of carbonyl (C=O) groups is 2. The molecule has 1 aromatic carbocycles. The number of halogens is 1. The molecule has 7 nitrogen and oxygen atoms in total. The van der Waals surface area contributed by atoms with E-state index in [1.54, 1.807) is 30.5 Å². The Morgan fingerprint density at radius 3 is 2.73 bits per heavy atom. The molecule has 30 heavy (non-hydrogen) atoms. The van der Waals surface area contributed by atoms with Gasteiger partial charge in [0.1, 0.15) is 10.8 Å². The zero-order valence-electron chi connectivity index (χ0n) is 16.7. The molecule has 2 heterocycles. The van der Waals surface area contributed by atoms with Crippen molar-refractivity contribution in [2.45, 2.75) is 31.6 Å². The second-order valence-corrected chi connectivity index (χ2v) is 8.35. The Hall–Kier alpha value is -2.65. The Labute approximate surface area is 186 Å². The summed E-state index contributed by atoms with van der Waals surface area (Å²) in [7, 11) is 0. The summed E-state index contributed by atoms with van der Waals surface area (Å²) >= 11 is 4.80. The summed E-state index contributed by atoms with van der Waals surface area (Å²) in [6.07, 6.45) is 1.61. The van der Waals surface area contributed by atoms with Crippen molar-refractivity contribution in [3.05, 3.63) is 69.1 Å². The average molecular weight is 490 g/mol. The number of ether oxygens (including phenoxy) is 1. The van der Waals surface area contributed by atoms with Crippen molar-refractivity contribution in [2.24, 2.45) is 0 Å². The lowest BCUT2D eigenvalue weighted by atomic mass is 10.2. The average Bonchev–Trinajstić information content (AvgIpc) is 3.05. The molecule has 9 heteroatoms. The third kappa shape index (κ3) is 5.48. The van der Waals surface area contributed by atoms with Gasteiger partial charge in [0.2, 0.25) is 0 Å². The zero-order chi connectivity index (χ0) is 21.7. The van der Waals surface area contributed by atoms with Crippen LogP contribution in [-0.2, 0) is 15.3 Å². The van der Waals surface area contributed by atoms with Crippen LogP contribution in [0.1, 0.15) is 32.9 Å². The molecule has 156 valence electrons. The first-order valence-corrected chi connectivity index (χ1v) is 10.9. The van der Waals surface area contributed by atoms with Gasteiger partial charge in [0, 0.05) is 27.7 Å². The first-order chi connectivity index (χ1) is 14.3. The topological polar surface area (TPSA) is 94.3 Å². The highest BCUT2D eigenvalue weighted by molar-refractivity contribution is 9.10. The molecule has 0 saturated heterocycles. The van der Waals surface area contributed by atoms with Gasteiger partial charge in [-0.05, 0) is 50.6 Å². The highest BCUT2D eigenvalue weighted by atomic mass is 79.9. The summed E-state index contributed by atoms with van der Waals surface area (Å²) in [6, 6.07) is 8.73. The van der Waals surface area contributed by atoms with Gasteiger partial charge in [0.15, 0.2) is 6.61 Å². The molecule has 0 fully saturated rings.